The fourth-order valence-electron chi connectivity index (χ4n) is 7.44. The largest absolute Gasteiger partial charge is 0.490 e. The molecule has 4 amide bonds. The van der Waals surface area contributed by atoms with Crippen molar-refractivity contribution in [2.45, 2.75) is 116 Å². The molecule has 21 heteroatoms. The molecule has 1 aliphatic heterocycles. The van der Waals surface area contributed by atoms with E-state index in [1.54, 1.807) is 76.0 Å². The third-order valence-corrected chi connectivity index (χ3v) is 15.5. The molecule has 0 spiro atoms. The highest BCUT2D eigenvalue weighted by Crippen LogP contribution is 2.38. The van der Waals surface area contributed by atoms with E-state index in [4.69, 9.17) is 23.7 Å². The van der Waals surface area contributed by atoms with Crippen LogP contribution in [0.2, 0.25) is 0 Å². The van der Waals surface area contributed by atoms with Crippen molar-refractivity contribution in [3.63, 3.8) is 0 Å². The number of ether oxygens (including phenoxy) is 5. The van der Waals surface area contributed by atoms with Gasteiger partial charge in [0.1, 0.15) is 35.9 Å². The number of rotatable bonds is 26. The van der Waals surface area contributed by atoms with Gasteiger partial charge in [0.05, 0.1) is 78.3 Å². The average Bonchev–Trinajstić information content (AvgIpc) is 3.96. The maximum Gasteiger partial charge on any atom is 0.246 e. The van der Waals surface area contributed by atoms with Gasteiger partial charge in [-0.25, -0.2) is 13.4 Å². The predicted octanol–water partition coefficient (Wildman–Crippen LogP) is 4.99. The Morgan fingerprint density at radius 1 is 0.817 bits per heavy atom. The van der Waals surface area contributed by atoms with Crippen molar-refractivity contribution in [2.75, 3.05) is 78.4 Å². The summed E-state index contributed by atoms with van der Waals surface area (Å²) in [6.07, 6.45) is 1.86. The predicted molar refractivity (Wildman–Crippen MR) is 275 cm³/mol. The number of carbonyl (C=O) groups is 4. The number of sulfone groups is 1. The number of anilines is 2. The molecule has 392 valence electrons. The van der Waals surface area contributed by atoms with Crippen LogP contribution in [0.15, 0.2) is 53.0 Å². The Kier molecular flexibility index (Phi) is 20.5. The number of nitrogens with one attached hydrogen (secondary N) is 5. The highest BCUT2D eigenvalue weighted by molar-refractivity contribution is 7.92. The van der Waals surface area contributed by atoms with Crippen LogP contribution in [0.4, 0.5) is 11.4 Å². The van der Waals surface area contributed by atoms with Crippen LogP contribution in [0.25, 0.3) is 21.1 Å². The van der Waals surface area contributed by atoms with Gasteiger partial charge < -0.3 is 55.2 Å². The van der Waals surface area contributed by atoms with Crippen molar-refractivity contribution in [3.05, 3.63) is 48.1 Å². The molecule has 3 heterocycles. The zero-order valence-corrected chi connectivity index (χ0v) is 44.6. The number of nitrogens with zero attached hydrogens (tertiary/aromatic N) is 3. The van der Waals surface area contributed by atoms with E-state index in [1.165, 1.54) is 4.90 Å². The smallest absolute Gasteiger partial charge is 0.246 e. The van der Waals surface area contributed by atoms with E-state index in [9.17, 15) is 27.6 Å². The monoisotopic (exact) mass is 1030 g/mol. The lowest BCUT2D eigenvalue weighted by Crippen LogP contribution is -2.60. The van der Waals surface area contributed by atoms with E-state index >= 15 is 0 Å². The highest BCUT2D eigenvalue weighted by Gasteiger charge is 2.46. The summed E-state index contributed by atoms with van der Waals surface area (Å²) >= 11 is 1.56. The van der Waals surface area contributed by atoms with Crippen molar-refractivity contribution in [1.82, 2.24) is 36.1 Å². The number of likely N-dealkylation sites (N-methyl/N-ethyl adjacent to an activating group) is 1. The van der Waals surface area contributed by atoms with Crippen LogP contribution >= 0.6 is 11.3 Å². The molecule has 0 aliphatic carbocycles. The SMILES string of the molecule is CN[C@@H](C)C(=O)N[C@H](C(=O)N1C[C@@H](NC(=O)COCCOCCOCCOCCOc2cc3nccc(Nc4ccc5scnc5c4)c3cc2S(=O)(=O)C(C)(C)C)C[C@H]1C(=O)N[C@H](C)C(C)C)C(C)(C)C. The van der Waals surface area contributed by atoms with Crippen LogP contribution in [0.1, 0.15) is 75.7 Å². The lowest BCUT2D eigenvalue weighted by Gasteiger charge is -2.36. The Morgan fingerprint density at radius 3 is 2.08 bits per heavy atom. The minimum Gasteiger partial charge on any atom is -0.490 e. The number of benzene rings is 2. The average molecular weight is 1030 g/mol. The number of amides is 4. The fraction of sp³-hybridized carbons (Fsp3) is 0.600. The van der Waals surface area contributed by atoms with Crippen LogP contribution in [0, 0.1) is 11.3 Å². The van der Waals surface area contributed by atoms with Gasteiger partial charge in [-0.05, 0) is 89.8 Å². The van der Waals surface area contributed by atoms with E-state index in [0.29, 0.717) is 29.8 Å². The number of carbonyl (C=O) groups excluding carboxylic acids is 4. The summed E-state index contributed by atoms with van der Waals surface area (Å²) in [5.74, 6) is -1.10. The first-order valence-electron chi connectivity index (χ1n) is 24.1. The molecule has 5 N–H and O–H groups in total. The second-order valence-corrected chi connectivity index (χ2v) is 23.6. The quantitative estimate of drug-likeness (QED) is 0.0521. The van der Waals surface area contributed by atoms with Crippen molar-refractivity contribution >= 4 is 77.3 Å². The maximum absolute atomic E-state index is 14.1. The summed E-state index contributed by atoms with van der Waals surface area (Å²) in [7, 11) is -2.17. The van der Waals surface area contributed by atoms with Crippen molar-refractivity contribution in [1.29, 1.82) is 0 Å². The number of fused-ring (bicyclic) bond motifs is 2. The standard InChI is InChI=1S/C50H74N8O11S2/c1-31(2)32(3)54-47(61)40-25-35(28-58(40)48(62)45(49(5,6)7)57-46(60)33(4)51-11)56-44(59)29-68-21-20-66-17-16-65-18-19-67-22-23-69-41-27-38-36(26-43(41)71(63,64)50(8,9)10)37(14-15-52-38)55-34-12-13-42-39(24-34)53-30-70-42/h12-15,24,26-27,30-33,35,40,45,51H,16-23,25,28-29H2,1-11H3,(H,52,55)(H,54,61)(H,56,59)(H,57,60)/t32-,33+,35+,40+,45-/m1/s1. The van der Waals surface area contributed by atoms with Gasteiger partial charge in [0, 0.05) is 47.7 Å². The zero-order chi connectivity index (χ0) is 52.1. The van der Waals surface area contributed by atoms with Gasteiger partial charge in [0.25, 0.3) is 0 Å². The number of thiazole rings is 1. The summed E-state index contributed by atoms with van der Waals surface area (Å²) in [5.41, 5.74) is 4.06. The lowest BCUT2D eigenvalue weighted by atomic mass is 9.85. The zero-order valence-electron chi connectivity index (χ0n) is 43.0. The molecular formula is C50H74N8O11S2. The lowest BCUT2D eigenvalue weighted by molar-refractivity contribution is -0.144. The molecule has 4 aromatic rings. The second kappa shape index (κ2) is 25.6. The van der Waals surface area contributed by atoms with Crippen molar-refractivity contribution in [3.8, 4) is 5.75 Å². The number of hydrogen-bond donors (Lipinski definition) is 5. The third kappa shape index (κ3) is 15.7. The topological polar surface area (TPSA) is 238 Å². The van der Waals surface area contributed by atoms with E-state index in [1.807, 2.05) is 59.7 Å². The minimum absolute atomic E-state index is 0.0628. The molecule has 5 rings (SSSR count). The van der Waals surface area contributed by atoms with Crippen LogP contribution in [0.3, 0.4) is 0 Å². The first-order chi connectivity index (χ1) is 33.5. The first kappa shape index (κ1) is 56.9. The maximum atomic E-state index is 14.1. The second-order valence-electron chi connectivity index (χ2n) is 20.1. The summed E-state index contributed by atoms with van der Waals surface area (Å²) in [4.78, 5) is 64.0. The fourth-order valence-corrected chi connectivity index (χ4v) is 9.42. The Bertz CT molecular complexity index is 2540. The Balaban J connectivity index is 1.01. The van der Waals surface area contributed by atoms with Crippen LogP contribution in [0.5, 0.6) is 5.75 Å². The molecule has 0 bridgehead atoms. The molecular weight excluding hydrogens is 953 g/mol. The van der Waals surface area contributed by atoms with Gasteiger partial charge in [-0.1, -0.05) is 34.6 Å². The van der Waals surface area contributed by atoms with Gasteiger partial charge in [-0.3, -0.25) is 24.2 Å². The minimum atomic E-state index is -3.83. The van der Waals surface area contributed by atoms with E-state index in [2.05, 4.69) is 36.6 Å². The summed E-state index contributed by atoms with van der Waals surface area (Å²) in [6, 6.07) is 8.00. The molecule has 5 atom stereocenters. The van der Waals surface area contributed by atoms with Gasteiger partial charge in [-0.15, -0.1) is 11.3 Å². The number of aromatic nitrogens is 2. The van der Waals surface area contributed by atoms with Crippen LogP contribution in [-0.2, 0) is 48.0 Å². The molecule has 0 radical (unpaired) electrons. The molecule has 2 aromatic carbocycles. The third-order valence-electron chi connectivity index (χ3n) is 12.2. The molecule has 71 heavy (non-hydrogen) atoms. The number of likely N-dealkylation sites (tertiary alicyclic amines) is 1. The van der Waals surface area contributed by atoms with Gasteiger partial charge >= 0.3 is 0 Å². The molecule has 1 saturated heterocycles. The Hall–Kier alpha value is -5.03. The van der Waals surface area contributed by atoms with Crippen molar-refractivity contribution in [2.24, 2.45) is 11.3 Å². The van der Waals surface area contributed by atoms with Gasteiger partial charge in [-0.2, -0.15) is 0 Å². The molecule has 1 aliphatic rings. The first-order valence-corrected chi connectivity index (χ1v) is 26.5. The Morgan fingerprint density at radius 2 is 1.46 bits per heavy atom. The van der Waals surface area contributed by atoms with Gasteiger partial charge in [0.15, 0.2) is 9.84 Å². The number of hydrogen-bond acceptors (Lipinski definition) is 16. The molecule has 19 nitrogen and oxygen atoms in total. The van der Waals surface area contributed by atoms with Crippen LogP contribution in [-0.4, -0.2) is 155 Å². The number of pyridine rings is 1. The van der Waals surface area contributed by atoms with Crippen molar-refractivity contribution < 1.29 is 51.3 Å². The highest BCUT2D eigenvalue weighted by atomic mass is 32.2. The summed E-state index contributed by atoms with van der Waals surface area (Å²) in [5, 5.41) is 15.7. The van der Waals surface area contributed by atoms with Gasteiger partial charge in [0.2, 0.25) is 23.6 Å². The molecule has 2 aromatic heterocycles. The van der Waals surface area contributed by atoms with Crippen LogP contribution < -0.4 is 31.3 Å². The van der Waals surface area contributed by atoms with E-state index in [-0.39, 0.29) is 93.6 Å². The summed E-state index contributed by atoms with van der Waals surface area (Å²) < 4.78 is 56.2. The summed E-state index contributed by atoms with van der Waals surface area (Å²) in [6.45, 7) is 19.7. The van der Waals surface area contributed by atoms with E-state index < -0.39 is 56.0 Å². The normalized spacial score (nSPS) is 16.8. The van der Waals surface area contributed by atoms with E-state index in [0.717, 1.165) is 15.9 Å². The Labute approximate surface area is 422 Å². The molecule has 0 saturated carbocycles. The molecule has 1 fully saturated rings. The molecule has 0 unspecified atom stereocenters.